The van der Waals surface area contributed by atoms with Gasteiger partial charge in [0.15, 0.2) is 0 Å². The summed E-state index contributed by atoms with van der Waals surface area (Å²) in [6.07, 6.45) is 4.79. The molecule has 1 aromatic heterocycles. The number of carbonyl (C=O) groups excluding carboxylic acids is 2. The van der Waals surface area contributed by atoms with Crippen LogP contribution in [0.3, 0.4) is 0 Å². The second-order valence-electron chi connectivity index (χ2n) is 6.57. The molecule has 2 heterocycles. The molecule has 7 heteroatoms. The molecule has 25 heavy (non-hydrogen) atoms. The van der Waals surface area contributed by atoms with Gasteiger partial charge in [0, 0.05) is 32.7 Å². The number of rotatable bonds is 4. The molecule has 2 amide bonds. The van der Waals surface area contributed by atoms with Crippen molar-refractivity contribution < 1.29 is 9.59 Å². The zero-order valence-electron chi connectivity index (χ0n) is 14.6. The van der Waals surface area contributed by atoms with Gasteiger partial charge in [-0.3, -0.25) is 9.59 Å². The molecule has 3 rings (SSSR count). The van der Waals surface area contributed by atoms with E-state index in [1.54, 1.807) is 34.9 Å². The number of likely N-dealkylation sites (tertiary alicyclic amines) is 1. The van der Waals surface area contributed by atoms with Crippen LogP contribution in [0.15, 0.2) is 36.9 Å². The average Bonchev–Trinajstić information content (AvgIpc) is 3.14. The molecule has 0 aliphatic carbocycles. The topological polar surface area (TPSA) is 71.3 Å². The maximum atomic E-state index is 13.0. The zero-order valence-corrected chi connectivity index (χ0v) is 14.6. The lowest BCUT2D eigenvalue weighted by molar-refractivity contribution is -0.134. The standard InChI is InChI=1S/C18H23N5O2/c1-21(2)17(24)15-7-5-9-22(10-15)18(25)16-8-4-3-6-14(16)11-23-13-19-12-20-23/h3-4,6,8,12-13,15H,5,7,9-11H2,1-2H3/t15-/m1/s1. The molecule has 2 aromatic rings. The van der Waals surface area contributed by atoms with Gasteiger partial charge in [-0.1, -0.05) is 18.2 Å². The van der Waals surface area contributed by atoms with Crippen LogP contribution in [0.1, 0.15) is 28.8 Å². The molecule has 1 fully saturated rings. The van der Waals surface area contributed by atoms with Crippen LogP contribution in [-0.2, 0) is 11.3 Å². The molecule has 1 aliphatic rings. The van der Waals surface area contributed by atoms with Gasteiger partial charge in [0.1, 0.15) is 12.7 Å². The molecular formula is C18H23N5O2. The van der Waals surface area contributed by atoms with Crippen molar-refractivity contribution in [2.75, 3.05) is 27.2 Å². The highest BCUT2D eigenvalue weighted by Gasteiger charge is 2.30. The normalized spacial score (nSPS) is 17.4. The Hall–Kier alpha value is -2.70. The quantitative estimate of drug-likeness (QED) is 0.839. The number of piperidine rings is 1. The summed E-state index contributed by atoms with van der Waals surface area (Å²) in [4.78, 5) is 32.6. The fourth-order valence-electron chi connectivity index (χ4n) is 3.25. The monoisotopic (exact) mass is 341 g/mol. The minimum absolute atomic E-state index is 0.0213. The second-order valence-corrected chi connectivity index (χ2v) is 6.57. The predicted octanol–water partition coefficient (Wildman–Crippen LogP) is 1.27. The van der Waals surface area contributed by atoms with E-state index in [2.05, 4.69) is 10.1 Å². The Morgan fingerprint density at radius 2 is 2.08 bits per heavy atom. The van der Waals surface area contributed by atoms with E-state index < -0.39 is 0 Å². The summed E-state index contributed by atoms with van der Waals surface area (Å²) in [5, 5.41) is 4.11. The van der Waals surface area contributed by atoms with E-state index in [0.717, 1.165) is 18.4 Å². The Labute approximate surface area is 147 Å². The van der Waals surface area contributed by atoms with Crippen molar-refractivity contribution in [2.24, 2.45) is 5.92 Å². The highest BCUT2D eigenvalue weighted by molar-refractivity contribution is 5.96. The number of amides is 2. The highest BCUT2D eigenvalue weighted by Crippen LogP contribution is 2.21. The van der Waals surface area contributed by atoms with Gasteiger partial charge in [-0.15, -0.1) is 0 Å². The lowest BCUT2D eigenvalue weighted by Crippen LogP contribution is -2.45. The van der Waals surface area contributed by atoms with E-state index in [1.807, 2.05) is 24.3 Å². The van der Waals surface area contributed by atoms with Crippen LogP contribution in [0, 0.1) is 5.92 Å². The van der Waals surface area contributed by atoms with E-state index >= 15 is 0 Å². The van der Waals surface area contributed by atoms with Crippen molar-refractivity contribution in [3.8, 4) is 0 Å². The van der Waals surface area contributed by atoms with E-state index in [4.69, 9.17) is 0 Å². The molecule has 1 saturated heterocycles. The summed E-state index contributed by atoms with van der Waals surface area (Å²) in [5.74, 6) is -0.0458. The average molecular weight is 341 g/mol. The number of hydrogen-bond donors (Lipinski definition) is 0. The molecule has 7 nitrogen and oxygen atoms in total. The van der Waals surface area contributed by atoms with Crippen molar-refractivity contribution in [3.63, 3.8) is 0 Å². The molecule has 132 valence electrons. The first kappa shape index (κ1) is 17.1. The zero-order chi connectivity index (χ0) is 17.8. The Morgan fingerprint density at radius 1 is 1.28 bits per heavy atom. The predicted molar refractivity (Wildman–Crippen MR) is 92.9 cm³/mol. The van der Waals surface area contributed by atoms with Gasteiger partial charge in [0.2, 0.25) is 5.91 Å². The minimum Gasteiger partial charge on any atom is -0.349 e. The first-order valence-corrected chi connectivity index (χ1v) is 8.47. The minimum atomic E-state index is -0.116. The Bertz CT molecular complexity index is 742. The largest absolute Gasteiger partial charge is 0.349 e. The van der Waals surface area contributed by atoms with Gasteiger partial charge in [-0.05, 0) is 24.5 Å². The van der Waals surface area contributed by atoms with Gasteiger partial charge >= 0.3 is 0 Å². The van der Waals surface area contributed by atoms with Gasteiger partial charge in [0.25, 0.3) is 5.91 Å². The molecular weight excluding hydrogens is 318 g/mol. The van der Waals surface area contributed by atoms with Crippen molar-refractivity contribution >= 4 is 11.8 Å². The van der Waals surface area contributed by atoms with Gasteiger partial charge in [-0.25, -0.2) is 9.67 Å². The summed E-state index contributed by atoms with van der Waals surface area (Å²) in [6.45, 7) is 1.66. The fourth-order valence-corrected chi connectivity index (χ4v) is 3.25. The van der Waals surface area contributed by atoms with E-state index in [1.165, 1.54) is 6.33 Å². The number of nitrogens with zero attached hydrogens (tertiary/aromatic N) is 5. The SMILES string of the molecule is CN(C)C(=O)[C@@H]1CCCN(C(=O)c2ccccc2Cn2cncn2)C1. The summed E-state index contributed by atoms with van der Waals surface area (Å²) in [5.41, 5.74) is 1.56. The molecule has 0 N–H and O–H groups in total. The van der Waals surface area contributed by atoms with Gasteiger partial charge in [0.05, 0.1) is 12.5 Å². The maximum Gasteiger partial charge on any atom is 0.254 e. The molecule has 0 bridgehead atoms. The van der Waals surface area contributed by atoms with Gasteiger partial charge < -0.3 is 9.80 Å². The van der Waals surface area contributed by atoms with Crippen LogP contribution in [0.2, 0.25) is 0 Å². The third-order valence-electron chi connectivity index (χ3n) is 4.55. The molecule has 1 aromatic carbocycles. The molecule has 1 aliphatic heterocycles. The summed E-state index contributed by atoms with van der Waals surface area (Å²) in [6, 6.07) is 7.55. The summed E-state index contributed by atoms with van der Waals surface area (Å²) >= 11 is 0. The van der Waals surface area contributed by atoms with Crippen LogP contribution < -0.4 is 0 Å². The van der Waals surface area contributed by atoms with Crippen molar-refractivity contribution in [3.05, 3.63) is 48.0 Å². The molecule has 0 radical (unpaired) electrons. The number of hydrogen-bond acceptors (Lipinski definition) is 4. The summed E-state index contributed by atoms with van der Waals surface area (Å²) in [7, 11) is 3.52. The Kier molecular flexibility index (Phi) is 5.11. The molecule has 0 saturated carbocycles. The third kappa shape index (κ3) is 3.87. The van der Waals surface area contributed by atoms with E-state index in [-0.39, 0.29) is 17.7 Å². The highest BCUT2D eigenvalue weighted by atomic mass is 16.2. The number of benzene rings is 1. The van der Waals surface area contributed by atoms with E-state index in [0.29, 0.717) is 25.2 Å². The molecule has 1 atom stereocenters. The lowest BCUT2D eigenvalue weighted by Gasteiger charge is -2.33. The lowest BCUT2D eigenvalue weighted by atomic mass is 9.95. The van der Waals surface area contributed by atoms with Crippen molar-refractivity contribution in [1.82, 2.24) is 24.6 Å². The fraction of sp³-hybridized carbons (Fsp3) is 0.444. The van der Waals surface area contributed by atoms with Gasteiger partial charge in [-0.2, -0.15) is 5.10 Å². The molecule has 0 unspecified atom stereocenters. The van der Waals surface area contributed by atoms with Crippen LogP contribution in [0.25, 0.3) is 0 Å². The summed E-state index contributed by atoms with van der Waals surface area (Å²) < 4.78 is 1.70. The van der Waals surface area contributed by atoms with E-state index in [9.17, 15) is 9.59 Å². The van der Waals surface area contributed by atoms with Crippen LogP contribution in [-0.4, -0.2) is 63.6 Å². The smallest absolute Gasteiger partial charge is 0.254 e. The molecule has 0 spiro atoms. The van der Waals surface area contributed by atoms with Crippen LogP contribution in [0.4, 0.5) is 0 Å². The van der Waals surface area contributed by atoms with Crippen LogP contribution >= 0.6 is 0 Å². The first-order valence-electron chi connectivity index (χ1n) is 8.47. The first-order chi connectivity index (χ1) is 12.1. The maximum absolute atomic E-state index is 13.0. The Morgan fingerprint density at radius 3 is 2.80 bits per heavy atom. The Balaban J connectivity index is 1.77. The van der Waals surface area contributed by atoms with Crippen molar-refractivity contribution in [1.29, 1.82) is 0 Å². The third-order valence-corrected chi connectivity index (χ3v) is 4.55. The van der Waals surface area contributed by atoms with Crippen LogP contribution in [0.5, 0.6) is 0 Å². The second kappa shape index (κ2) is 7.46. The van der Waals surface area contributed by atoms with Crippen molar-refractivity contribution in [2.45, 2.75) is 19.4 Å². The number of carbonyl (C=O) groups is 2. The number of aromatic nitrogens is 3.